The van der Waals surface area contributed by atoms with Crippen molar-refractivity contribution in [2.45, 2.75) is 6.42 Å². The Balaban J connectivity index is 2.29. The summed E-state index contributed by atoms with van der Waals surface area (Å²) in [4.78, 5) is 4.45. The van der Waals surface area contributed by atoms with Gasteiger partial charge in [0.05, 0.1) is 21.2 Å². The summed E-state index contributed by atoms with van der Waals surface area (Å²) in [7, 11) is 0. The number of hydrogen-bond donors (Lipinski definition) is 0. The zero-order chi connectivity index (χ0) is 15.0. The van der Waals surface area contributed by atoms with Crippen LogP contribution in [-0.4, -0.2) is 15.4 Å². The number of aryl methyl sites for hydroxylation is 1. The molecule has 0 spiro atoms. The topological polar surface area (TPSA) is 17.8 Å². The van der Waals surface area contributed by atoms with Crippen LogP contribution >= 0.6 is 27.5 Å². The van der Waals surface area contributed by atoms with Gasteiger partial charge in [0.25, 0.3) is 0 Å². The van der Waals surface area contributed by atoms with E-state index in [1.165, 1.54) is 18.2 Å². The third kappa shape index (κ3) is 2.68. The van der Waals surface area contributed by atoms with Crippen molar-refractivity contribution in [2.75, 3.05) is 5.88 Å². The number of nitrogens with zero attached hydrogens (tertiary/aromatic N) is 2. The second kappa shape index (κ2) is 5.73. The fourth-order valence-electron chi connectivity index (χ4n) is 2.26. The molecule has 0 aliphatic carbocycles. The molecule has 0 N–H and O–H groups in total. The highest BCUT2D eigenvalue weighted by Gasteiger charge is 2.14. The molecule has 0 aliphatic heterocycles. The number of halogens is 4. The minimum atomic E-state index is -0.387. The minimum Gasteiger partial charge on any atom is -0.296 e. The van der Waals surface area contributed by atoms with Crippen LogP contribution in [0.3, 0.4) is 0 Å². The molecule has 3 rings (SSSR count). The molecule has 108 valence electrons. The SMILES string of the molecule is Fc1ccc2nc(CCCl)n(-c3ccc(Br)c(F)c3)c2c1. The first-order valence-corrected chi connectivity index (χ1v) is 7.61. The molecule has 0 saturated heterocycles. The van der Waals surface area contributed by atoms with Crippen LogP contribution in [0.15, 0.2) is 40.9 Å². The fraction of sp³-hybridized carbons (Fsp3) is 0.133. The summed E-state index contributed by atoms with van der Waals surface area (Å²) in [6.45, 7) is 0. The van der Waals surface area contributed by atoms with Crippen molar-refractivity contribution in [3.8, 4) is 5.69 Å². The van der Waals surface area contributed by atoms with E-state index >= 15 is 0 Å². The second-order valence-electron chi connectivity index (χ2n) is 4.53. The lowest BCUT2D eigenvalue weighted by Gasteiger charge is -2.09. The molecule has 21 heavy (non-hydrogen) atoms. The zero-order valence-corrected chi connectivity index (χ0v) is 13.1. The molecule has 0 saturated carbocycles. The van der Waals surface area contributed by atoms with Gasteiger partial charge in [-0.05, 0) is 46.3 Å². The van der Waals surface area contributed by atoms with Crippen molar-refractivity contribution >= 4 is 38.6 Å². The second-order valence-corrected chi connectivity index (χ2v) is 5.77. The number of benzene rings is 2. The normalized spacial score (nSPS) is 11.2. The van der Waals surface area contributed by atoms with Crippen LogP contribution < -0.4 is 0 Å². The molecular weight excluding hydrogens is 362 g/mol. The molecule has 6 heteroatoms. The van der Waals surface area contributed by atoms with Crippen LogP contribution in [0.5, 0.6) is 0 Å². The van der Waals surface area contributed by atoms with E-state index in [0.717, 1.165) is 0 Å². The summed E-state index contributed by atoms with van der Waals surface area (Å²) in [5.41, 5.74) is 1.83. The van der Waals surface area contributed by atoms with Crippen molar-refractivity contribution in [2.24, 2.45) is 0 Å². The van der Waals surface area contributed by atoms with Gasteiger partial charge in [-0.1, -0.05) is 0 Å². The number of imidazole rings is 1. The van der Waals surface area contributed by atoms with E-state index in [2.05, 4.69) is 20.9 Å². The largest absolute Gasteiger partial charge is 0.296 e. The first-order valence-electron chi connectivity index (χ1n) is 6.28. The highest BCUT2D eigenvalue weighted by molar-refractivity contribution is 9.10. The van der Waals surface area contributed by atoms with Gasteiger partial charge in [-0.15, -0.1) is 11.6 Å². The lowest BCUT2D eigenvalue weighted by Crippen LogP contribution is -2.03. The van der Waals surface area contributed by atoms with Crippen LogP contribution in [0.1, 0.15) is 5.82 Å². The molecule has 2 nitrogen and oxygen atoms in total. The third-order valence-corrected chi connectivity index (χ3v) is 4.00. The first-order chi connectivity index (χ1) is 10.1. The van der Waals surface area contributed by atoms with E-state index in [9.17, 15) is 8.78 Å². The number of fused-ring (bicyclic) bond motifs is 1. The first kappa shape index (κ1) is 14.5. The van der Waals surface area contributed by atoms with Gasteiger partial charge in [-0.25, -0.2) is 13.8 Å². The summed E-state index contributed by atoms with van der Waals surface area (Å²) in [6, 6.07) is 9.09. The predicted molar refractivity (Wildman–Crippen MR) is 83.1 cm³/mol. The summed E-state index contributed by atoms with van der Waals surface area (Å²) in [5, 5.41) is 0. The lowest BCUT2D eigenvalue weighted by molar-refractivity contribution is 0.619. The molecule has 0 radical (unpaired) electrons. The third-order valence-electron chi connectivity index (χ3n) is 3.17. The van der Waals surface area contributed by atoms with Gasteiger partial charge in [-0.3, -0.25) is 4.57 Å². The van der Waals surface area contributed by atoms with Gasteiger partial charge in [0.1, 0.15) is 17.5 Å². The molecule has 0 unspecified atom stereocenters. The van der Waals surface area contributed by atoms with Crippen LogP contribution in [0.25, 0.3) is 16.7 Å². The Labute approximate surface area is 133 Å². The monoisotopic (exact) mass is 370 g/mol. The summed E-state index contributed by atoms with van der Waals surface area (Å²) in [5.74, 6) is 0.304. The zero-order valence-electron chi connectivity index (χ0n) is 10.8. The van der Waals surface area contributed by atoms with E-state index in [-0.39, 0.29) is 11.6 Å². The fourth-order valence-corrected chi connectivity index (χ4v) is 2.68. The standard InChI is InChI=1S/C15H10BrClF2N2/c16-11-3-2-10(8-12(11)19)21-14-7-9(18)1-4-13(14)20-15(21)5-6-17/h1-4,7-8H,5-6H2. The van der Waals surface area contributed by atoms with Crippen molar-refractivity contribution < 1.29 is 8.78 Å². The molecule has 3 aromatic rings. The number of hydrogen-bond acceptors (Lipinski definition) is 1. The predicted octanol–water partition coefficient (Wildman–Crippen LogP) is 4.85. The Morgan fingerprint density at radius 2 is 1.95 bits per heavy atom. The number of alkyl halides is 1. The quantitative estimate of drug-likeness (QED) is 0.602. The summed E-state index contributed by atoms with van der Waals surface area (Å²) < 4.78 is 29.4. The van der Waals surface area contributed by atoms with E-state index in [0.29, 0.717) is 39.3 Å². The number of rotatable bonds is 3. The minimum absolute atomic E-state index is 0.362. The van der Waals surface area contributed by atoms with Gasteiger partial charge in [0.2, 0.25) is 0 Å². The van der Waals surface area contributed by atoms with Gasteiger partial charge >= 0.3 is 0 Å². The van der Waals surface area contributed by atoms with Gasteiger partial charge in [0.15, 0.2) is 0 Å². The molecule has 2 aromatic carbocycles. The highest BCUT2D eigenvalue weighted by atomic mass is 79.9. The van der Waals surface area contributed by atoms with Gasteiger partial charge in [-0.2, -0.15) is 0 Å². The molecule has 1 heterocycles. The van der Waals surface area contributed by atoms with E-state index < -0.39 is 0 Å². The molecule has 0 fully saturated rings. The van der Waals surface area contributed by atoms with Crippen molar-refractivity contribution in [1.82, 2.24) is 9.55 Å². The van der Waals surface area contributed by atoms with Crippen molar-refractivity contribution in [3.05, 3.63) is 58.3 Å². The molecule has 0 aliphatic rings. The van der Waals surface area contributed by atoms with E-state index in [1.54, 1.807) is 22.8 Å². The highest BCUT2D eigenvalue weighted by Crippen LogP contribution is 2.25. The molecule has 0 atom stereocenters. The van der Waals surface area contributed by atoms with Gasteiger partial charge in [0, 0.05) is 18.4 Å². The average Bonchev–Trinajstić information content (AvgIpc) is 2.80. The van der Waals surface area contributed by atoms with Crippen LogP contribution in [0.2, 0.25) is 0 Å². The maximum absolute atomic E-state index is 13.8. The molecular formula is C15H10BrClF2N2. The summed E-state index contributed by atoms with van der Waals surface area (Å²) >= 11 is 8.92. The Morgan fingerprint density at radius 1 is 1.14 bits per heavy atom. The van der Waals surface area contributed by atoms with Crippen LogP contribution in [-0.2, 0) is 6.42 Å². The average molecular weight is 372 g/mol. The number of aromatic nitrogens is 2. The lowest BCUT2D eigenvalue weighted by atomic mass is 10.2. The maximum atomic E-state index is 13.8. The molecule has 0 amide bonds. The van der Waals surface area contributed by atoms with Gasteiger partial charge < -0.3 is 0 Å². The van der Waals surface area contributed by atoms with Crippen molar-refractivity contribution in [1.29, 1.82) is 0 Å². The molecule has 0 bridgehead atoms. The van der Waals surface area contributed by atoms with E-state index in [1.807, 2.05) is 0 Å². The Kier molecular flexibility index (Phi) is 3.95. The van der Waals surface area contributed by atoms with E-state index in [4.69, 9.17) is 11.6 Å². The van der Waals surface area contributed by atoms with Crippen LogP contribution in [0, 0.1) is 11.6 Å². The Hall–Kier alpha value is -1.46. The Bertz CT molecular complexity index is 817. The molecule has 1 aromatic heterocycles. The smallest absolute Gasteiger partial charge is 0.139 e. The van der Waals surface area contributed by atoms with Crippen molar-refractivity contribution in [3.63, 3.8) is 0 Å². The summed E-state index contributed by atoms with van der Waals surface area (Å²) in [6.07, 6.45) is 0.509. The van der Waals surface area contributed by atoms with Crippen LogP contribution in [0.4, 0.5) is 8.78 Å². The Morgan fingerprint density at radius 3 is 2.67 bits per heavy atom. The maximum Gasteiger partial charge on any atom is 0.139 e.